The highest BCUT2D eigenvalue weighted by Gasteiger charge is 2.23. The van der Waals surface area contributed by atoms with Crippen molar-refractivity contribution in [3.63, 3.8) is 0 Å². The van der Waals surface area contributed by atoms with Crippen LogP contribution in [0.3, 0.4) is 0 Å². The molecule has 1 N–H and O–H groups in total. The molecular weight excluding hydrogens is 278 g/mol. The Morgan fingerprint density at radius 1 is 1.25 bits per heavy atom. The van der Waals surface area contributed by atoms with Gasteiger partial charge in [0.1, 0.15) is 6.04 Å². The predicted molar refractivity (Wildman–Crippen MR) is 79.3 cm³/mol. The van der Waals surface area contributed by atoms with Gasteiger partial charge in [-0.1, -0.05) is 37.6 Å². The molecule has 0 spiro atoms. The summed E-state index contributed by atoms with van der Waals surface area (Å²) < 4.78 is 4.66. The summed E-state index contributed by atoms with van der Waals surface area (Å²) in [6, 6.07) is 6.43. The summed E-state index contributed by atoms with van der Waals surface area (Å²) in [6.07, 6.45) is 3.03. The van der Waals surface area contributed by atoms with Crippen LogP contribution < -0.4 is 5.32 Å². The molecule has 1 atom stereocenters. The van der Waals surface area contributed by atoms with Gasteiger partial charge in [-0.15, -0.1) is 0 Å². The average Bonchev–Trinajstić information content (AvgIpc) is 2.43. The molecule has 0 heterocycles. The van der Waals surface area contributed by atoms with Gasteiger partial charge in [0.25, 0.3) is 0 Å². The van der Waals surface area contributed by atoms with E-state index < -0.39 is 12.0 Å². The summed E-state index contributed by atoms with van der Waals surface area (Å²) in [6.45, 7) is 3.68. The molecule has 1 amide bonds. The molecule has 4 nitrogen and oxygen atoms in total. The third kappa shape index (κ3) is 5.05. The van der Waals surface area contributed by atoms with E-state index in [1.165, 1.54) is 13.2 Å². The van der Waals surface area contributed by atoms with Gasteiger partial charge in [0.2, 0.25) is 5.91 Å². The van der Waals surface area contributed by atoms with E-state index in [0.717, 1.165) is 5.56 Å². The van der Waals surface area contributed by atoms with E-state index in [9.17, 15) is 9.59 Å². The van der Waals surface area contributed by atoms with Crippen LogP contribution in [0.5, 0.6) is 0 Å². The highest BCUT2D eigenvalue weighted by molar-refractivity contribution is 6.30. The summed E-state index contributed by atoms with van der Waals surface area (Å²) in [5.41, 5.74) is 0.851. The minimum Gasteiger partial charge on any atom is -0.467 e. The first kappa shape index (κ1) is 16.2. The second-order valence-corrected chi connectivity index (χ2v) is 5.07. The van der Waals surface area contributed by atoms with E-state index in [4.69, 9.17) is 11.6 Å². The molecule has 0 aliphatic heterocycles. The molecule has 0 aromatic heterocycles. The van der Waals surface area contributed by atoms with Crippen LogP contribution in [-0.2, 0) is 14.3 Å². The zero-order chi connectivity index (χ0) is 15.1. The Labute approximate surface area is 123 Å². The third-order valence-electron chi connectivity index (χ3n) is 2.72. The number of rotatable bonds is 5. The summed E-state index contributed by atoms with van der Waals surface area (Å²) in [7, 11) is 1.30. The van der Waals surface area contributed by atoms with Crippen LogP contribution in [0.15, 0.2) is 30.3 Å². The van der Waals surface area contributed by atoms with Gasteiger partial charge >= 0.3 is 5.97 Å². The number of amides is 1. The molecule has 5 heteroatoms. The fraction of sp³-hybridized carbons (Fsp3) is 0.333. The fourth-order valence-electron chi connectivity index (χ4n) is 1.57. The molecule has 0 unspecified atom stereocenters. The molecule has 0 aliphatic rings. The van der Waals surface area contributed by atoms with Crippen molar-refractivity contribution in [2.24, 2.45) is 5.92 Å². The van der Waals surface area contributed by atoms with E-state index in [1.807, 2.05) is 13.8 Å². The van der Waals surface area contributed by atoms with Crippen molar-refractivity contribution in [2.75, 3.05) is 7.11 Å². The first-order chi connectivity index (χ1) is 9.43. The number of esters is 1. The van der Waals surface area contributed by atoms with E-state index in [2.05, 4.69) is 10.1 Å². The summed E-state index contributed by atoms with van der Waals surface area (Å²) in [5.74, 6) is -0.840. The minimum atomic E-state index is -0.651. The van der Waals surface area contributed by atoms with E-state index in [0.29, 0.717) is 5.02 Å². The number of benzene rings is 1. The average molecular weight is 296 g/mol. The Bertz CT molecular complexity index is 494. The highest BCUT2D eigenvalue weighted by Crippen LogP contribution is 2.10. The van der Waals surface area contributed by atoms with Gasteiger partial charge in [-0.3, -0.25) is 4.79 Å². The maximum absolute atomic E-state index is 11.8. The molecule has 1 rings (SSSR count). The SMILES string of the molecule is COC(=O)[C@H](NC(=O)/C=C/c1ccc(Cl)cc1)C(C)C. The number of methoxy groups -OCH3 is 1. The lowest BCUT2D eigenvalue weighted by Gasteiger charge is -2.18. The normalized spacial score (nSPS) is 12.4. The van der Waals surface area contributed by atoms with Crippen LogP contribution in [0.25, 0.3) is 6.08 Å². The Balaban J connectivity index is 2.66. The Hall–Kier alpha value is -1.81. The molecule has 1 aromatic rings. The zero-order valence-electron chi connectivity index (χ0n) is 11.7. The standard InChI is InChI=1S/C15H18ClNO3/c1-10(2)14(15(19)20-3)17-13(18)9-6-11-4-7-12(16)8-5-11/h4-10,14H,1-3H3,(H,17,18)/b9-6+/t14-/m1/s1. The van der Waals surface area contributed by atoms with Gasteiger partial charge in [-0.2, -0.15) is 0 Å². The number of carbonyl (C=O) groups is 2. The topological polar surface area (TPSA) is 55.4 Å². The molecule has 0 bridgehead atoms. The molecule has 0 saturated heterocycles. The quantitative estimate of drug-likeness (QED) is 0.671. The van der Waals surface area contributed by atoms with Gasteiger partial charge in [0.05, 0.1) is 7.11 Å². The number of hydrogen-bond acceptors (Lipinski definition) is 3. The first-order valence-electron chi connectivity index (χ1n) is 6.26. The predicted octanol–water partition coefficient (Wildman–Crippen LogP) is 2.67. The Kier molecular flexibility index (Phi) is 6.25. The number of halogens is 1. The van der Waals surface area contributed by atoms with Crippen molar-refractivity contribution in [3.8, 4) is 0 Å². The first-order valence-corrected chi connectivity index (χ1v) is 6.64. The van der Waals surface area contributed by atoms with E-state index in [-0.39, 0.29) is 11.8 Å². The highest BCUT2D eigenvalue weighted by atomic mass is 35.5. The van der Waals surface area contributed by atoms with Gasteiger partial charge < -0.3 is 10.1 Å². The van der Waals surface area contributed by atoms with Crippen molar-refractivity contribution in [3.05, 3.63) is 40.9 Å². The van der Waals surface area contributed by atoms with Crippen molar-refractivity contribution < 1.29 is 14.3 Å². The molecule has 0 aliphatic carbocycles. The van der Waals surface area contributed by atoms with Crippen LogP contribution in [-0.4, -0.2) is 25.0 Å². The Morgan fingerprint density at radius 2 is 1.85 bits per heavy atom. The Morgan fingerprint density at radius 3 is 2.35 bits per heavy atom. The van der Waals surface area contributed by atoms with Crippen molar-refractivity contribution in [1.29, 1.82) is 0 Å². The molecule has 0 fully saturated rings. The fourth-order valence-corrected chi connectivity index (χ4v) is 1.70. The van der Waals surface area contributed by atoms with Gasteiger partial charge in [-0.05, 0) is 29.7 Å². The van der Waals surface area contributed by atoms with Crippen molar-refractivity contribution in [1.82, 2.24) is 5.32 Å². The lowest BCUT2D eigenvalue weighted by molar-refractivity contribution is -0.145. The largest absolute Gasteiger partial charge is 0.467 e. The molecule has 1 aromatic carbocycles. The van der Waals surface area contributed by atoms with Crippen molar-refractivity contribution >= 4 is 29.6 Å². The zero-order valence-corrected chi connectivity index (χ0v) is 12.5. The molecule has 0 saturated carbocycles. The van der Waals surface area contributed by atoms with E-state index >= 15 is 0 Å². The molecule has 0 radical (unpaired) electrons. The van der Waals surface area contributed by atoms with Crippen molar-refractivity contribution in [2.45, 2.75) is 19.9 Å². The van der Waals surface area contributed by atoms with Crippen LogP contribution in [0.4, 0.5) is 0 Å². The van der Waals surface area contributed by atoms with Crippen LogP contribution in [0.1, 0.15) is 19.4 Å². The number of nitrogens with one attached hydrogen (secondary N) is 1. The summed E-state index contributed by atoms with van der Waals surface area (Å²) in [4.78, 5) is 23.3. The second kappa shape index (κ2) is 7.70. The van der Waals surface area contributed by atoms with Crippen LogP contribution in [0, 0.1) is 5.92 Å². The maximum atomic E-state index is 11.8. The monoisotopic (exact) mass is 295 g/mol. The summed E-state index contributed by atoms with van der Waals surface area (Å²) in [5, 5.41) is 3.26. The van der Waals surface area contributed by atoms with E-state index in [1.54, 1.807) is 30.3 Å². The molecular formula is C15H18ClNO3. The summed E-state index contributed by atoms with van der Waals surface area (Å²) >= 11 is 5.77. The van der Waals surface area contributed by atoms with Crippen LogP contribution in [0.2, 0.25) is 5.02 Å². The maximum Gasteiger partial charge on any atom is 0.328 e. The van der Waals surface area contributed by atoms with Crippen LogP contribution >= 0.6 is 11.6 Å². The van der Waals surface area contributed by atoms with Gasteiger partial charge in [-0.25, -0.2) is 4.79 Å². The lowest BCUT2D eigenvalue weighted by atomic mass is 10.0. The number of ether oxygens (including phenoxy) is 1. The number of carbonyl (C=O) groups excluding carboxylic acids is 2. The molecule has 108 valence electrons. The second-order valence-electron chi connectivity index (χ2n) is 4.64. The minimum absolute atomic E-state index is 0.0460. The van der Waals surface area contributed by atoms with Gasteiger partial charge in [0, 0.05) is 11.1 Å². The smallest absolute Gasteiger partial charge is 0.328 e. The van der Waals surface area contributed by atoms with Gasteiger partial charge in [0.15, 0.2) is 0 Å². The number of hydrogen-bond donors (Lipinski definition) is 1. The lowest BCUT2D eigenvalue weighted by Crippen LogP contribution is -2.44. The molecule has 20 heavy (non-hydrogen) atoms. The third-order valence-corrected chi connectivity index (χ3v) is 2.97.